The van der Waals surface area contributed by atoms with Crippen LogP contribution in [0.2, 0.25) is 0 Å². The number of aliphatic imine (C=N–C) groups is 1. The third kappa shape index (κ3) is 6.72. The molecule has 1 saturated heterocycles. The zero-order valence-corrected chi connectivity index (χ0v) is 22.2. The van der Waals surface area contributed by atoms with Crippen molar-refractivity contribution in [2.24, 2.45) is 10.9 Å². The lowest BCUT2D eigenvalue weighted by Crippen LogP contribution is -2.42. The Kier molecular flexibility index (Phi) is 8.36. The molecule has 3 N–H and O–H groups in total. The number of hydrogen-bond donors (Lipinski definition) is 3. The van der Waals surface area contributed by atoms with E-state index in [1.54, 1.807) is 0 Å². The van der Waals surface area contributed by atoms with E-state index >= 15 is 0 Å². The Morgan fingerprint density at radius 1 is 1.15 bits per heavy atom. The van der Waals surface area contributed by atoms with Crippen LogP contribution >= 0.6 is 0 Å². The van der Waals surface area contributed by atoms with E-state index in [2.05, 4.69) is 26.7 Å². The fraction of sp³-hybridized carbons (Fsp3) is 0.400. The fourth-order valence-corrected chi connectivity index (χ4v) is 5.46. The molecule has 3 aromatic rings. The largest absolute Gasteiger partial charge is 0.469 e. The van der Waals surface area contributed by atoms with E-state index in [9.17, 15) is 14.7 Å². The van der Waals surface area contributed by atoms with Gasteiger partial charge >= 0.3 is 5.97 Å². The van der Waals surface area contributed by atoms with Crippen LogP contribution < -0.4 is 10.6 Å². The molecular formula is C30H35N5O4. The summed E-state index contributed by atoms with van der Waals surface area (Å²) in [5.41, 5.74) is 3.74. The summed E-state index contributed by atoms with van der Waals surface area (Å²) >= 11 is 0. The number of ether oxygens (including phenoxy) is 1. The van der Waals surface area contributed by atoms with Crippen molar-refractivity contribution in [3.8, 4) is 0 Å². The van der Waals surface area contributed by atoms with E-state index in [1.165, 1.54) is 7.11 Å². The molecule has 2 aliphatic heterocycles. The Hall–Kier alpha value is -3.98. The summed E-state index contributed by atoms with van der Waals surface area (Å²) in [7, 11) is 1.42. The van der Waals surface area contributed by atoms with Gasteiger partial charge in [-0.1, -0.05) is 30.3 Å². The van der Waals surface area contributed by atoms with Crippen LogP contribution in [0.3, 0.4) is 0 Å². The summed E-state index contributed by atoms with van der Waals surface area (Å²) in [5.74, 6) is 0.733. The van der Waals surface area contributed by atoms with E-state index in [0.717, 1.165) is 40.6 Å². The third-order valence-corrected chi connectivity index (χ3v) is 7.63. The van der Waals surface area contributed by atoms with Crippen molar-refractivity contribution < 1.29 is 19.4 Å². The topological polar surface area (TPSA) is 116 Å². The molecule has 3 heterocycles. The van der Waals surface area contributed by atoms with Crippen LogP contribution in [-0.4, -0.2) is 72.2 Å². The number of aromatic nitrogens is 1. The number of amides is 1. The van der Waals surface area contributed by atoms with Crippen LogP contribution in [0.4, 0.5) is 5.69 Å². The lowest BCUT2D eigenvalue weighted by molar-refractivity contribution is -0.142. The molecule has 1 aromatic heterocycles. The fourth-order valence-electron chi connectivity index (χ4n) is 5.46. The van der Waals surface area contributed by atoms with E-state index in [-0.39, 0.29) is 23.7 Å². The van der Waals surface area contributed by atoms with E-state index in [1.807, 2.05) is 59.6 Å². The second kappa shape index (κ2) is 12.3. The first-order valence-corrected chi connectivity index (χ1v) is 13.5. The van der Waals surface area contributed by atoms with Crippen LogP contribution in [-0.2, 0) is 20.7 Å². The highest BCUT2D eigenvalue weighted by atomic mass is 16.5. The molecule has 2 aliphatic rings. The number of anilines is 1. The number of esters is 1. The number of nitrogens with zero attached hydrogens (tertiary/aromatic N) is 3. The SMILES string of the molecule is COC(=O)CC(c1cnc2ccccc2c1)C1CCN(C(=O)Cc2cccc(NC3=NCC(O)CN3)c2)CC1. The maximum absolute atomic E-state index is 13.2. The Morgan fingerprint density at radius 2 is 1.97 bits per heavy atom. The highest BCUT2D eigenvalue weighted by molar-refractivity contribution is 5.94. The Balaban J connectivity index is 1.21. The van der Waals surface area contributed by atoms with Crippen LogP contribution in [0, 0.1) is 5.92 Å². The predicted octanol–water partition coefficient (Wildman–Crippen LogP) is 3.09. The summed E-state index contributed by atoms with van der Waals surface area (Å²) < 4.78 is 5.02. The molecule has 1 amide bonds. The van der Waals surface area contributed by atoms with Gasteiger partial charge in [0.2, 0.25) is 5.91 Å². The number of nitrogens with one attached hydrogen (secondary N) is 2. The average molecular weight is 530 g/mol. The first-order valence-electron chi connectivity index (χ1n) is 13.5. The van der Waals surface area contributed by atoms with Gasteiger partial charge in [0.25, 0.3) is 0 Å². The van der Waals surface area contributed by atoms with Crippen LogP contribution in [0.1, 0.15) is 36.3 Å². The van der Waals surface area contributed by atoms with Gasteiger partial charge in [-0.2, -0.15) is 0 Å². The molecule has 1 fully saturated rings. The molecule has 9 nitrogen and oxygen atoms in total. The smallest absolute Gasteiger partial charge is 0.306 e. The first-order chi connectivity index (χ1) is 19.0. The van der Waals surface area contributed by atoms with Gasteiger partial charge < -0.3 is 25.4 Å². The second-order valence-electron chi connectivity index (χ2n) is 10.3. The monoisotopic (exact) mass is 529 g/mol. The summed E-state index contributed by atoms with van der Waals surface area (Å²) in [5, 5.41) is 16.9. The number of hydrogen-bond acceptors (Lipinski definition) is 8. The number of carbonyl (C=O) groups is 2. The summed E-state index contributed by atoms with van der Waals surface area (Å²) in [6, 6.07) is 17.9. The van der Waals surface area contributed by atoms with E-state index < -0.39 is 6.10 Å². The van der Waals surface area contributed by atoms with Crippen molar-refractivity contribution in [1.82, 2.24) is 15.2 Å². The molecule has 2 aromatic carbocycles. The van der Waals surface area contributed by atoms with Gasteiger partial charge in [0.05, 0.1) is 38.1 Å². The zero-order valence-electron chi connectivity index (χ0n) is 22.2. The molecule has 204 valence electrons. The minimum atomic E-state index is -0.469. The number of likely N-dealkylation sites (tertiary alicyclic amines) is 1. The molecule has 0 saturated carbocycles. The number of carbonyl (C=O) groups excluding carboxylic acids is 2. The third-order valence-electron chi connectivity index (χ3n) is 7.63. The average Bonchev–Trinajstić information content (AvgIpc) is 2.97. The number of rotatable bonds is 7. The second-order valence-corrected chi connectivity index (χ2v) is 10.3. The molecule has 5 rings (SSSR count). The Labute approximate surface area is 228 Å². The zero-order chi connectivity index (χ0) is 27.2. The summed E-state index contributed by atoms with van der Waals surface area (Å²) in [6.07, 6.45) is 3.67. The van der Waals surface area contributed by atoms with Crippen molar-refractivity contribution in [1.29, 1.82) is 0 Å². The number of piperidine rings is 1. The normalized spacial score (nSPS) is 18.7. The Morgan fingerprint density at radius 3 is 2.74 bits per heavy atom. The van der Waals surface area contributed by atoms with Gasteiger partial charge in [0.1, 0.15) is 0 Å². The van der Waals surface area contributed by atoms with Gasteiger partial charge in [-0.25, -0.2) is 0 Å². The van der Waals surface area contributed by atoms with Crippen molar-refractivity contribution >= 4 is 34.4 Å². The highest BCUT2D eigenvalue weighted by Gasteiger charge is 2.31. The quantitative estimate of drug-likeness (QED) is 0.403. The number of para-hydroxylation sites is 1. The van der Waals surface area contributed by atoms with Gasteiger partial charge in [-0.3, -0.25) is 19.6 Å². The molecule has 0 aliphatic carbocycles. The molecule has 9 heteroatoms. The molecular weight excluding hydrogens is 494 g/mol. The molecule has 2 unspecified atom stereocenters. The summed E-state index contributed by atoms with van der Waals surface area (Å²) in [6.45, 7) is 2.13. The number of benzene rings is 2. The number of aliphatic hydroxyl groups is 1. The maximum Gasteiger partial charge on any atom is 0.306 e. The highest BCUT2D eigenvalue weighted by Crippen LogP contribution is 2.36. The number of pyridine rings is 1. The number of guanidine groups is 1. The lowest BCUT2D eigenvalue weighted by Gasteiger charge is -2.36. The molecule has 39 heavy (non-hydrogen) atoms. The minimum Gasteiger partial charge on any atom is -0.469 e. The van der Waals surface area contributed by atoms with E-state index in [4.69, 9.17) is 4.74 Å². The van der Waals surface area contributed by atoms with Crippen molar-refractivity contribution in [3.05, 3.63) is 71.9 Å². The summed E-state index contributed by atoms with van der Waals surface area (Å²) in [4.78, 5) is 36.3. The number of fused-ring (bicyclic) bond motifs is 1. The van der Waals surface area contributed by atoms with E-state index in [0.29, 0.717) is 45.0 Å². The number of aliphatic hydroxyl groups excluding tert-OH is 1. The van der Waals surface area contributed by atoms with Gasteiger partial charge in [0.15, 0.2) is 5.96 Å². The number of methoxy groups -OCH3 is 1. The van der Waals surface area contributed by atoms with Crippen LogP contribution in [0.5, 0.6) is 0 Å². The van der Waals surface area contributed by atoms with Gasteiger partial charge in [0, 0.05) is 36.9 Å². The first kappa shape index (κ1) is 26.6. The van der Waals surface area contributed by atoms with Crippen molar-refractivity contribution in [3.63, 3.8) is 0 Å². The number of β-amino-alcohol motifs (C(OH)–C–C–N with tert-alkyl or cyclic N) is 1. The Bertz CT molecular complexity index is 1350. The van der Waals surface area contributed by atoms with Crippen LogP contribution in [0.25, 0.3) is 10.9 Å². The molecule has 0 spiro atoms. The van der Waals surface area contributed by atoms with Crippen molar-refractivity contribution in [2.45, 2.75) is 37.7 Å². The van der Waals surface area contributed by atoms with Gasteiger partial charge in [-0.05, 0) is 60.1 Å². The lowest BCUT2D eigenvalue weighted by atomic mass is 9.78. The molecule has 0 bridgehead atoms. The van der Waals surface area contributed by atoms with Crippen LogP contribution in [0.15, 0.2) is 65.8 Å². The standard InChI is InChI=1S/C30H35N5O4/c1-39-29(38)16-26(23-15-22-6-2-3-8-27(22)31-17-23)21-9-11-35(12-10-21)28(37)14-20-5-4-7-24(13-20)34-30-32-18-25(36)19-33-30/h2-8,13,15,17,21,25-26,36H,9-12,14,16,18-19H2,1H3,(H2,32,33,34). The van der Waals surface area contributed by atoms with Crippen molar-refractivity contribution in [2.75, 3.05) is 38.6 Å². The maximum atomic E-state index is 13.2. The predicted molar refractivity (Wildman–Crippen MR) is 151 cm³/mol. The minimum absolute atomic E-state index is 0.00742. The van der Waals surface area contributed by atoms with Gasteiger partial charge in [-0.15, -0.1) is 0 Å². The molecule has 2 atom stereocenters. The molecule has 0 radical (unpaired) electrons.